The molecule has 0 unspecified atom stereocenters. The number of Topliss-reactive ketones (excluding diaryl/α,β-unsaturated/α-hetero) is 2. The van der Waals surface area contributed by atoms with E-state index >= 15 is 0 Å². The number of carbonyl (C=O) groups is 2. The Balaban J connectivity index is 1.47. The van der Waals surface area contributed by atoms with Crippen LogP contribution in [0.5, 0.6) is 11.5 Å². The number of benzene rings is 3. The second-order valence-corrected chi connectivity index (χ2v) is 15.0. The van der Waals surface area contributed by atoms with E-state index in [0.29, 0.717) is 30.9 Å². The van der Waals surface area contributed by atoms with Crippen molar-refractivity contribution in [2.75, 3.05) is 13.7 Å². The van der Waals surface area contributed by atoms with E-state index < -0.39 is 5.92 Å². The fourth-order valence-corrected chi connectivity index (χ4v) is 8.06. The van der Waals surface area contributed by atoms with Crippen LogP contribution in [0.25, 0.3) is 10.8 Å². The van der Waals surface area contributed by atoms with Crippen molar-refractivity contribution in [2.45, 2.75) is 79.2 Å². The number of methoxy groups -OCH3 is 1. The van der Waals surface area contributed by atoms with Gasteiger partial charge in [-0.15, -0.1) is 0 Å². The first kappa shape index (κ1) is 30.6. The molecule has 0 fully saturated rings. The molecule has 3 aromatic rings. The molecule has 0 bridgehead atoms. The zero-order valence-electron chi connectivity index (χ0n) is 26.7. The number of hydrogen-bond donors (Lipinski definition) is 0. The lowest BCUT2D eigenvalue weighted by Gasteiger charge is -2.49. The summed E-state index contributed by atoms with van der Waals surface area (Å²) < 4.78 is 13.1. The molecule has 1 aliphatic heterocycles. The third-order valence-electron chi connectivity index (χ3n) is 9.31. The number of hydrogen-bond acceptors (Lipinski definition) is 5. The first-order valence-corrected chi connectivity index (χ1v) is 16.5. The number of ketones is 2. The summed E-state index contributed by atoms with van der Waals surface area (Å²) in [6.45, 7) is 12.0. The van der Waals surface area contributed by atoms with E-state index in [0.717, 1.165) is 69.3 Å². The summed E-state index contributed by atoms with van der Waals surface area (Å²) in [5.41, 5.74) is 5.42. The van der Waals surface area contributed by atoms with Crippen LogP contribution in [0.2, 0.25) is 0 Å². The lowest BCUT2D eigenvalue weighted by atomic mass is 9.63. The minimum Gasteiger partial charge on any atom is -0.493 e. The molecule has 0 radical (unpaired) electrons. The van der Waals surface area contributed by atoms with Gasteiger partial charge in [0.25, 0.3) is 0 Å². The van der Waals surface area contributed by atoms with E-state index in [-0.39, 0.29) is 22.4 Å². The molecule has 0 aromatic heterocycles. The maximum Gasteiger partial charge on any atom is 0.175 e. The zero-order chi connectivity index (χ0) is 31.4. The standard InChI is InChI=1S/C38H42BrNO4/c1-7-15-40-28-18-37(2,3)20-30(41)34(28)33(35-29(40)19-38(4,5)21-31(35)42)25-16-27(39)36(32(17-25)43-6)44-22-24-13-10-12-23-11-8-9-14-26(23)24/h8-14,16-17,33H,7,15,18-22H2,1-6H3. The Labute approximate surface area is 269 Å². The molecule has 6 heteroatoms. The van der Waals surface area contributed by atoms with E-state index in [9.17, 15) is 9.59 Å². The molecule has 0 saturated heterocycles. The Morgan fingerprint density at radius 3 is 2.09 bits per heavy atom. The van der Waals surface area contributed by atoms with Gasteiger partial charge < -0.3 is 14.4 Å². The van der Waals surface area contributed by atoms with Crippen molar-refractivity contribution in [3.8, 4) is 11.5 Å². The predicted octanol–water partition coefficient (Wildman–Crippen LogP) is 9.29. The molecule has 0 atom stereocenters. The summed E-state index contributed by atoms with van der Waals surface area (Å²) in [5.74, 6) is 1.01. The molecule has 3 aromatic carbocycles. The minimum absolute atomic E-state index is 0.137. The Bertz CT molecular complexity index is 1670. The van der Waals surface area contributed by atoms with Crippen LogP contribution in [0.1, 0.15) is 83.8 Å². The van der Waals surface area contributed by atoms with E-state index in [4.69, 9.17) is 9.47 Å². The molecule has 3 aliphatic rings. The van der Waals surface area contributed by atoms with Gasteiger partial charge in [0.1, 0.15) is 6.61 Å². The highest BCUT2D eigenvalue weighted by Gasteiger charge is 2.49. The van der Waals surface area contributed by atoms with E-state index in [2.05, 4.69) is 79.7 Å². The first-order valence-electron chi connectivity index (χ1n) is 15.7. The maximum atomic E-state index is 14.1. The van der Waals surface area contributed by atoms with Crippen LogP contribution in [0.3, 0.4) is 0 Å². The summed E-state index contributed by atoms with van der Waals surface area (Å²) in [6.07, 6.45) is 3.48. The highest BCUT2D eigenvalue weighted by Crippen LogP contribution is 2.55. The maximum absolute atomic E-state index is 14.1. The SMILES string of the molecule is CCCN1C2=C(C(=O)CC(C)(C)C2)C(c2cc(Br)c(OCc3cccc4ccccc34)c(OC)c2)C2=C1CC(C)(C)CC2=O. The Hall–Kier alpha value is -3.38. The van der Waals surface area contributed by atoms with Crippen LogP contribution >= 0.6 is 15.9 Å². The summed E-state index contributed by atoms with van der Waals surface area (Å²) in [4.78, 5) is 30.5. The lowest BCUT2D eigenvalue weighted by molar-refractivity contribution is -0.119. The smallest absolute Gasteiger partial charge is 0.175 e. The van der Waals surface area contributed by atoms with Gasteiger partial charge in [-0.05, 0) is 80.1 Å². The third kappa shape index (κ3) is 5.51. The van der Waals surface area contributed by atoms with Gasteiger partial charge >= 0.3 is 0 Å². The van der Waals surface area contributed by atoms with Crippen molar-refractivity contribution in [1.29, 1.82) is 0 Å². The van der Waals surface area contributed by atoms with Crippen LogP contribution in [0.15, 0.2) is 81.6 Å². The molecule has 6 rings (SSSR count). The van der Waals surface area contributed by atoms with Crippen LogP contribution in [-0.4, -0.2) is 30.1 Å². The van der Waals surface area contributed by atoms with Crippen LogP contribution < -0.4 is 9.47 Å². The summed E-state index contributed by atoms with van der Waals surface area (Å²) in [6, 6.07) is 18.5. The largest absolute Gasteiger partial charge is 0.493 e. The van der Waals surface area contributed by atoms with Gasteiger partial charge in [-0.2, -0.15) is 0 Å². The molecular weight excluding hydrogens is 614 g/mol. The molecule has 5 nitrogen and oxygen atoms in total. The monoisotopic (exact) mass is 655 g/mol. The number of allylic oxidation sites excluding steroid dienone is 4. The number of fused-ring (bicyclic) bond motifs is 1. The third-order valence-corrected chi connectivity index (χ3v) is 9.90. The minimum atomic E-state index is -0.433. The van der Waals surface area contributed by atoms with Gasteiger partial charge in [-0.3, -0.25) is 9.59 Å². The van der Waals surface area contributed by atoms with Crippen molar-refractivity contribution in [3.05, 3.63) is 92.7 Å². The number of rotatable bonds is 7. The van der Waals surface area contributed by atoms with Gasteiger partial charge in [-0.25, -0.2) is 0 Å². The molecule has 0 spiro atoms. The van der Waals surface area contributed by atoms with Crippen molar-refractivity contribution in [3.63, 3.8) is 0 Å². The summed E-state index contributed by atoms with van der Waals surface area (Å²) in [5, 5.41) is 2.31. The van der Waals surface area contributed by atoms with Gasteiger partial charge in [0.05, 0.1) is 11.6 Å². The average Bonchev–Trinajstić information content (AvgIpc) is 2.95. The van der Waals surface area contributed by atoms with Gasteiger partial charge in [0.2, 0.25) is 0 Å². The Morgan fingerprint density at radius 2 is 1.48 bits per heavy atom. The van der Waals surface area contributed by atoms with E-state index in [1.807, 2.05) is 30.3 Å². The zero-order valence-corrected chi connectivity index (χ0v) is 28.3. The van der Waals surface area contributed by atoms with Crippen molar-refractivity contribution in [1.82, 2.24) is 4.90 Å². The van der Waals surface area contributed by atoms with Crippen LogP contribution in [-0.2, 0) is 16.2 Å². The van der Waals surface area contributed by atoms with Crippen molar-refractivity contribution >= 4 is 38.3 Å². The first-order chi connectivity index (χ1) is 20.9. The number of halogens is 1. The fourth-order valence-electron chi connectivity index (χ4n) is 7.49. The molecule has 0 saturated carbocycles. The van der Waals surface area contributed by atoms with Crippen molar-refractivity contribution in [2.24, 2.45) is 10.8 Å². The molecule has 44 heavy (non-hydrogen) atoms. The summed E-state index contributed by atoms with van der Waals surface area (Å²) in [7, 11) is 1.64. The van der Waals surface area contributed by atoms with Gasteiger partial charge in [0, 0.05) is 47.8 Å². The lowest BCUT2D eigenvalue weighted by Crippen LogP contribution is -2.44. The molecule has 0 N–H and O–H groups in total. The Morgan fingerprint density at radius 1 is 0.864 bits per heavy atom. The molecule has 2 aliphatic carbocycles. The highest BCUT2D eigenvalue weighted by atomic mass is 79.9. The highest BCUT2D eigenvalue weighted by molar-refractivity contribution is 9.10. The number of ether oxygens (including phenoxy) is 2. The van der Waals surface area contributed by atoms with Crippen molar-refractivity contribution < 1.29 is 19.1 Å². The molecule has 1 heterocycles. The van der Waals surface area contributed by atoms with E-state index in [1.165, 1.54) is 5.39 Å². The average molecular weight is 657 g/mol. The Kier molecular flexibility index (Phi) is 8.02. The summed E-state index contributed by atoms with van der Waals surface area (Å²) >= 11 is 3.79. The molecule has 0 amide bonds. The van der Waals surface area contributed by atoms with Crippen LogP contribution in [0.4, 0.5) is 0 Å². The molecular formula is C38H42BrNO4. The fraction of sp³-hybridized carbons (Fsp3) is 0.421. The van der Waals surface area contributed by atoms with Gasteiger partial charge in [0.15, 0.2) is 23.1 Å². The molecule has 230 valence electrons. The predicted molar refractivity (Wildman–Crippen MR) is 179 cm³/mol. The van der Waals surface area contributed by atoms with Crippen LogP contribution in [0, 0.1) is 10.8 Å². The number of carbonyl (C=O) groups excluding carboxylic acids is 2. The topological polar surface area (TPSA) is 55.8 Å². The number of nitrogens with zero attached hydrogens (tertiary/aromatic N) is 1. The second kappa shape index (κ2) is 11.5. The van der Waals surface area contributed by atoms with E-state index in [1.54, 1.807) is 7.11 Å². The normalized spacial score (nSPS) is 19.8. The second-order valence-electron chi connectivity index (χ2n) is 14.1. The van der Waals surface area contributed by atoms with Gasteiger partial charge in [-0.1, -0.05) is 77.1 Å². The quantitative estimate of drug-likeness (QED) is 0.254.